The van der Waals surface area contributed by atoms with Gasteiger partial charge in [0.1, 0.15) is 16.8 Å². The van der Waals surface area contributed by atoms with E-state index in [4.69, 9.17) is 16.3 Å². The zero-order valence-corrected chi connectivity index (χ0v) is 11.8. The summed E-state index contributed by atoms with van der Waals surface area (Å²) in [5.41, 5.74) is 0.976. The molecule has 5 heteroatoms. The van der Waals surface area contributed by atoms with Crippen LogP contribution in [0.3, 0.4) is 0 Å². The van der Waals surface area contributed by atoms with Crippen LogP contribution in [0.15, 0.2) is 0 Å². The van der Waals surface area contributed by atoms with E-state index in [-0.39, 0.29) is 0 Å². The van der Waals surface area contributed by atoms with E-state index >= 15 is 0 Å². The molecule has 1 aromatic heterocycles. The van der Waals surface area contributed by atoms with Crippen LogP contribution in [0.2, 0.25) is 5.15 Å². The van der Waals surface area contributed by atoms with Gasteiger partial charge in [0.05, 0.1) is 6.61 Å². The maximum atomic E-state index is 6.10. The Kier molecular flexibility index (Phi) is 4.78. The largest absolute Gasteiger partial charge is 0.379 e. The highest BCUT2D eigenvalue weighted by Crippen LogP contribution is 2.28. The van der Waals surface area contributed by atoms with Gasteiger partial charge in [-0.3, -0.25) is 0 Å². The number of aromatic nitrogens is 2. The van der Waals surface area contributed by atoms with Crippen LogP contribution >= 0.6 is 11.6 Å². The van der Waals surface area contributed by atoms with Gasteiger partial charge in [0, 0.05) is 18.7 Å². The normalized spacial score (nSPS) is 14.8. The number of hydrogen-bond acceptors (Lipinski definition) is 4. The van der Waals surface area contributed by atoms with Crippen LogP contribution in [0.4, 0.5) is 5.82 Å². The summed E-state index contributed by atoms with van der Waals surface area (Å²) in [6.07, 6.45) is 3.48. The van der Waals surface area contributed by atoms with Crippen molar-refractivity contribution >= 4 is 17.4 Å². The van der Waals surface area contributed by atoms with Crippen LogP contribution in [0.5, 0.6) is 0 Å². The highest BCUT2D eigenvalue weighted by Gasteiger charge is 2.20. The molecule has 0 saturated heterocycles. The van der Waals surface area contributed by atoms with Crippen molar-refractivity contribution in [2.45, 2.75) is 33.1 Å². The highest BCUT2D eigenvalue weighted by atomic mass is 35.5. The molecule has 0 spiro atoms. The number of rotatable bonds is 7. The Balaban J connectivity index is 1.82. The number of nitrogens with zero attached hydrogens (tertiary/aromatic N) is 2. The Labute approximate surface area is 113 Å². The minimum absolute atomic E-state index is 0.548. The fourth-order valence-corrected chi connectivity index (χ4v) is 2.14. The summed E-state index contributed by atoms with van der Waals surface area (Å²) < 4.78 is 5.57. The first kappa shape index (κ1) is 13.6. The summed E-state index contributed by atoms with van der Waals surface area (Å²) in [4.78, 5) is 8.55. The van der Waals surface area contributed by atoms with Gasteiger partial charge in [-0.2, -0.15) is 0 Å². The maximum absolute atomic E-state index is 6.10. The molecule has 1 aliphatic rings. The predicted molar refractivity (Wildman–Crippen MR) is 73.2 cm³/mol. The lowest BCUT2D eigenvalue weighted by molar-refractivity contribution is 0.134. The standard InChI is InChI=1S/C13H20ClN3O/c1-3-11-12(14)16-9(2)17-13(11)15-6-7-18-8-10-4-5-10/h10H,3-8H2,1-2H3,(H,15,16,17). The molecule has 1 fully saturated rings. The van der Waals surface area contributed by atoms with Crippen molar-refractivity contribution in [1.29, 1.82) is 0 Å². The van der Waals surface area contributed by atoms with Crippen LogP contribution in [0.1, 0.15) is 31.2 Å². The number of anilines is 1. The Morgan fingerprint density at radius 3 is 2.83 bits per heavy atom. The van der Waals surface area contributed by atoms with Crippen LogP contribution in [0.25, 0.3) is 0 Å². The van der Waals surface area contributed by atoms with E-state index in [1.807, 2.05) is 6.92 Å². The smallest absolute Gasteiger partial charge is 0.138 e. The molecular weight excluding hydrogens is 250 g/mol. The average Bonchev–Trinajstić information content (AvgIpc) is 3.12. The second kappa shape index (κ2) is 6.34. The molecule has 2 rings (SSSR count). The van der Waals surface area contributed by atoms with Crippen LogP contribution < -0.4 is 5.32 Å². The highest BCUT2D eigenvalue weighted by molar-refractivity contribution is 6.30. The van der Waals surface area contributed by atoms with Crippen molar-refractivity contribution in [2.24, 2.45) is 5.92 Å². The lowest BCUT2D eigenvalue weighted by Gasteiger charge is -2.12. The predicted octanol–water partition coefficient (Wildman–Crippen LogP) is 2.84. The van der Waals surface area contributed by atoms with E-state index in [0.29, 0.717) is 17.6 Å². The van der Waals surface area contributed by atoms with E-state index < -0.39 is 0 Å². The molecule has 18 heavy (non-hydrogen) atoms. The van der Waals surface area contributed by atoms with Crippen molar-refractivity contribution in [3.8, 4) is 0 Å². The zero-order valence-electron chi connectivity index (χ0n) is 11.0. The summed E-state index contributed by atoms with van der Waals surface area (Å²) in [6.45, 7) is 6.26. The number of aryl methyl sites for hydroxylation is 1. The summed E-state index contributed by atoms with van der Waals surface area (Å²) >= 11 is 6.10. The molecule has 1 saturated carbocycles. The summed E-state index contributed by atoms with van der Waals surface area (Å²) in [5, 5.41) is 3.83. The van der Waals surface area contributed by atoms with Gasteiger partial charge in [-0.05, 0) is 32.1 Å². The van der Waals surface area contributed by atoms with Gasteiger partial charge in [0.15, 0.2) is 0 Å². The van der Waals surface area contributed by atoms with Crippen LogP contribution in [-0.2, 0) is 11.2 Å². The summed E-state index contributed by atoms with van der Waals surface area (Å²) in [5.74, 6) is 2.34. The quantitative estimate of drug-likeness (QED) is 0.611. The Bertz CT molecular complexity index is 407. The third-order valence-electron chi connectivity index (χ3n) is 3.01. The first-order valence-electron chi connectivity index (χ1n) is 6.55. The molecule has 0 aliphatic heterocycles. The molecule has 1 N–H and O–H groups in total. The minimum Gasteiger partial charge on any atom is -0.379 e. The lowest BCUT2D eigenvalue weighted by atomic mass is 10.2. The molecule has 0 aromatic carbocycles. The van der Waals surface area contributed by atoms with Gasteiger partial charge < -0.3 is 10.1 Å². The molecule has 1 heterocycles. The molecule has 0 bridgehead atoms. The molecule has 0 unspecified atom stereocenters. The monoisotopic (exact) mass is 269 g/mol. The van der Waals surface area contributed by atoms with Crippen molar-refractivity contribution in [1.82, 2.24) is 9.97 Å². The molecule has 1 aromatic rings. The van der Waals surface area contributed by atoms with Crippen LogP contribution in [0, 0.1) is 12.8 Å². The molecule has 0 amide bonds. The Morgan fingerprint density at radius 2 is 2.17 bits per heavy atom. The molecular formula is C13H20ClN3O. The minimum atomic E-state index is 0.548. The van der Waals surface area contributed by atoms with E-state index in [9.17, 15) is 0 Å². The fourth-order valence-electron chi connectivity index (χ4n) is 1.80. The summed E-state index contributed by atoms with van der Waals surface area (Å²) in [6, 6.07) is 0. The maximum Gasteiger partial charge on any atom is 0.138 e. The van der Waals surface area contributed by atoms with Gasteiger partial charge in [-0.1, -0.05) is 18.5 Å². The van der Waals surface area contributed by atoms with E-state index in [1.54, 1.807) is 0 Å². The average molecular weight is 270 g/mol. The van der Waals surface area contributed by atoms with Gasteiger partial charge >= 0.3 is 0 Å². The van der Waals surface area contributed by atoms with E-state index in [1.165, 1.54) is 12.8 Å². The number of ether oxygens (including phenoxy) is 1. The first-order chi connectivity index (χ1) is 8.70. The van der Waals surface area contributed by atoms with Crippen molar-refractivity contribution in [2.75, 3.05) is 25.1 Å². The molecule has 1 aliphatic carbocycles. The second-order valence-corrected chi connectivity index (χ2v) is 5.05. The first-order valence-corrected chi connectivity index (χ1v) is 6.93. The number of hydrogen-bond donors (Lipinski definition) is 1. The second-order valence-electron chi connectivity index (χ2n) is 4.69. The molecule has 4 nitrogen and oxygen atoms in total. The van der Waals surface area contributed by atoms with E-state index in [0.717, 1.165) is 36.9 Å². The van der Waals surface area contributed by atoms with Crippen LogP contribution in [-0.4, -0.2) is 29.7 Å². The van der Waals surface area contributed by atoms with Gasteiger partial charge in [0.25, 0.3) is 0 Å². The van der Waals surface area contributed by atoms with E-state index in [2.05, 4.69) is 22.2 Å². The lowest BCUT2D eigenvalue weighted by Crippen LogP contribution is -2.14. The van der Waals surface area contributed by atoms with Crippen molar-refractivity contribution in [3.05, 3.63) is 16.5 Å². The zero-order chi connectivity index (χ0) is 13.0. The molecule has 0 radical (unpaired) electrons. The fraction of sp³-hybridized carbons (Fsp3) is 0.692. The molecule has 100 valence electrons. The van der Waals surface area contributed by atoms with Gasteiger partial charge in [0.2, 0.25) is 0 Å². The Morgan fingerprint density at radius 1 is 1.39 bits per heavy atom. The third-order valence-corrected chi connectivity index (χ3v) is 3.32. The van der Waals surface area contributed by atoms with Gasteiger partial charge in [-0.15, -0.1) is 0 Å². The number of nitrogens with one attached hydrogen (secondary N) is 1. The SMILES string of the molecule is CCc1c(Cl)nc(C)nc1NCCOCC1CC1. The third kappa shape index (κ3) is 3.82. The van der Waals surface area contributed by atoms with Crippen molar-refractivity contribution in [3.63, 3.8) is 0 Å². The van der Waals surface area contributed by atoms with Crippen molar-refractivity contribution < 1.29 is 4.74 Å². The topological polar surface area (TPSA) is 47.0 Å². The Hall–Kier alpha value is -0.870. The summed E-state index contributed by atoms with van der Waals surface area (Å²) in [7, 11) is 0. The number of halogens is 1. The van der Waals surface area contributed by atoms with Gasteiger partial charge in [-0.25, -0.2) is 9.97 Å². The molecule has 0 atom stereocenters.